The summed E-state index contributed by atoms with van der Waals surface area (Å²) in [5.41, 5.74) is 0. The van der Waals surface area contributed by atoms with E-state index in [1.165, 1.54) is 28.3 Å². The summed E-state index contributed by atoms with van der Waals surface area (Å²) in [6.45, 7) is -1.50. The predicted octanol–water partition coefficient (Wildman–Crippen LogP) is 2.61. The zero-order valence-electron chi connectivity index (χ0n) is 14.8. The molecular formula is C10H28O10P2S. The van der Waals surface area contributed by atoms with Crippen LogP contribution in [0.25, 0.3) is 0 Å². The zero-order chi connectivity index (χ0) is 18.5. The molecule has 0 spiro atoms. The van der Waals surface area contributed by atoms with Crippen LogP contribution in [0.1, 0.15) is 13.8 Å². The molecule has 0 fully saturated rings. The van der Waals surface area contributed by atoms with Gasteiger partial charge in [-0.2, -0.15) is 0 Å². The molecule has 0 heterocycles. The van der Waals surface area contributed by atoms with Gasteiger partial charge < -0.3 is 0 Å². The van der Waals surface area contributed by atoms with E-state index >= 15 is 0 Å². The average molecular weight is 402 g/mol. The molecule has 0 N–H and O–H groups in total. The van der Waals surface area contributed by atoms with E-state index < -0.39 is 23.7 Å². The first-order valence-corrected chi connectivity index (χ1v) is 12.9. The molecule has 10 nitrogen and oxygen atoms in total. The minimum absolute atomic E-state index is 0.0691. The van der Waals surface area contributed by atoms with Gasteiger partial charge in [-0.25, -0.2) is 0 Å². The van der Waals surface area contributed by atoms with Crippen molar-refractivity contribution >= 4 is 23.7 Å². The van der Waals surface area contributed by atoms with Gasteiger partial charge in [0.15, 0.2) is 0 Å². The molecule has 0 saturated heterocycles. The molecule has 0 radical (unpaired) electrons. The Bertz CT molecular complexity index is 441. The van der Waals surface area contributed by atoms with Gasteiger partial charge in [-0.05, 0) is 0 Å². The van der Waals surface area contributed by atoms with Crippen molar-refractivity contribution in [1.82, 2.24) is 0 Å². The van der Waals surface area contributed by atoms with Gasteiger partial charge in [0, 0.05) is 0 Å². The SMILES string of the molecule is CCP(OC)(OC)(OC)OOS(=O)(=O)P(CC)(OC)(OC)OC. The van der Waals surface area contributed by atoms with E-state index in [0.29, 0.717) is 0 Å². The molecule has 0 unspecified atom stereocenters. The Morgan fingerprint density at radius 1 is 0.696 bits per heavy atom. The predicted molar refractivity (Wildman–Crippen MR) is 88.1 cm³/mol. The van der Waals surface area contributed by atoms with Crippen molar-refractivity contribution in [3.05, 3.63) is 0 Å². The van der Waals surface area contributed by atoms with Crippen LogP contribution < -0.4 is 0 Å². The second kappa shape index (κ2) is 7.80. The van der Waals surface area contributed by atoms with Gasteiger partial charge in [-0.1, -0.05) is 0 Å². The molecule has 13 heteroatoms. The Labute approximate surface area is 137 Å². The van der Waals surface area contributed by atoms with E-state index in [9.17, 15) is 8.42 Å². The first kappa shape index (κ1) is 23.5. The van der Waals surface area contributed by atoms with Crippen molar-refractivity contribution in [2.75, 3.05) is 55.0 Å². The van der Waals surface area contributed by atoms with Crippen LogP contribution in [0.4, 0.5) is 0 Å². The summed E-state index contributed by atoms with van der Waals surface area (Å²) >= 11 is 0. The molecule has 0 amide bonds. The van der Waals surface area contributed by atoms with Gasteiger partial charge in [-0.3, -0.25) is 0 Å². The van der Waals surface area contributed by atoms with E-state index in [0.717, 1.165) is 21.3 Å². The summed E-state index contributed by atoms with van der Waals surface area (Å²) in [5.74, 6) is 0. The normalized spacial score (nSPS) is 17.2. The zero-order valence-corrected chi connectivity index (χ0v) is 17.4. The summed E-state index contributed by atoms with van der Waals surface area (Å²) in [4.78, 5) is 0. The van der Waals surface area contributed by atoms with Gasteiger partial charge >= 0.3 is 137 Å². The molecule has 0 saturated carbocycles. The number of hydrogen-bond donors (Lipinski definition) is 0. The Morgan fingerprint density at radius 3 is 1.30 bits per heavy atom. The fourth-order valence-corrected chi connectivity index (χ4v) is 9.63. The molecule has 0 rings (SSSR count). The third kappa shape index (κ3) is 3.43. The standard InChI is InChI=1S/C10H28O10P2S/c1-9-21(13-3,14-4,15-5)19-20-23(11,12)22(10-2,16-6,17-7)18-8/h9-10H2,1-8H3. The topological polar surface area (TPSA) is 108 Å². The van der Waals surface area contributed by atoms with Crippen LogP contribution in [0.15, 0.2) is 0 Å². The monoisotopic (exact) mass is 402 g/mol. The van der Waals surface area contributed by atoms with Gasteiger partial charge in [0.1, 0.15) is 0 Å². The van der Waals surface area contributed by atoms with E-state index in [1.54, 1.807) is 6.92 Å². The quantitative estimate of drug-likeness (QED) is 0.275. The fourth-order valence-electron chi connectivity index (χ4n) is 1.95. The van der Waals surface area contributed by atoms with Gasteiger partial charge in [0.05, 0.1) is 0 Å². The van der Waals surface area contributed by atoms with Crippen LogP contribution in [-0.4, -0.2) is 63.4 Å². The van der Waals surface area contributed by atoms with E-state index in [4.69, 9.17) is 36.2 Å². The maximum absolute atomic E-state index is 12.7. The van der Waals surface area contributed by atoms with E-state index in [2.05, 4.69) is 0 Å². The van der Waals surface area contributed by atoms with Crippen LogP contribution in [0.3, 0.4) is 0 Å². The molecule has 23 heavy (non-hydrogen) atoms. The van der Waals surface area contributed by atoms with Crippen molar-refractivity contribution in [3.63, 3.8) is 0 Å². The molecule has 0 atom stereocenters. The summed E-state index contributed by atoms with van der Waals surface area (Å²) in [6.07, 6.45) is -0.0601. The van der Waals surface area contributed by atoms with Crippen LogP contribution in [0, 0.1) is 0 Å². The maximum atomic E-state index is 12.7. The van der Waals surface area contributed by atoms with Gasteiger partial charge in [-0.15, -0.1) is 0 Å². The first-order valence-electron chi connectivity index (χ1n) is 6.62. The van der Waals surface area contributed by atoms with E-state index in [-0.39, 0.29) is 12.3 Å². The van der Waals surface area contributed by atoms with Crippen molar-refractivity contribution in [3.8, 4) is 0 Å². The summed E-state index contributed by atoms with van der Waals surface area (Å²) in [7, 11) is -1.64. The van der Waals surface area contributed by atoms with Crippen molar-refractivity contribution in [2.24, 2.45) is 0 Å². The van der Waals surface area contributed by atoms with Gasteiger partial charge in [0.25, 0.3) is 0 Å². The van der Waals surface area contributed by atoms with E-state index in [1.807, 2.05) is 0 Å². The molecule has 0 aromatic heterocycles. The summed E-state index contributed by atoms with van der Waals surface area (Å²) in [5, 5.41) is 0. The summed E-state index contributed by atoms with van der Waals surface area (Å²) in [6, 6.07) is 0. The third-order valence-corrected chi connectivity index (χ3v) is 16.6. The Hall–Kier alpha value is 0.490. The minimum atomic E-state index is -4.66. The van der Waals surface area contributed by atoms with Crippen LogP contribution in [0.5, 0.6) is 0 Å². The van der Waals surface area contributed by atoms with Crippen LogP contribution in [-0.2, 0) is 45.9 Å². The Morgan fingerprint density at radius 2 is 1.09 bits per heavy atom. The second-order valence-corrected chi connectivity index (χ2v) is 16.1. The number of rotatable bonds is 12. The van der Waals surface area contributed by atoms with Crippen LogP contribution >= 0.6 is 14.0 Å². The number of hydrogen-bond acceptors (Lipinski definition) is 10. The molecule has 144 valence electrons. The Balaban J connectivity index is 5.92. The third-order valence-electron chi connectivity index (χ3n) is 3.84. The average Bonchev–Trinajstić information content (AvgIpc) is 2.61. The molecule has 0 aliphatic carbocycles. The molecule has 0 aliphatic rings. The molecular weight excluding hydrogens is 374 g/mol. The van der Waals surface area contributed by atoms with Gasteiger partial charge in [0.2, 0.25) is 0 Å². The van der Waals surface area contributed by atoms with Crippen molar-refractivity contribution in [1.29, 1.82) is 0 Å². The van der Waals surface area contributed by atoms with Crippen molar-refractivity contribution < 1.29 is 44.6 Å². The van der Waals surface area contributed by atoms with Crippen molar-refractivity contribution in [2.45, 2.75) is 13.8 Å². The second-order valence-electron chi connectivity index (χ2n) is 4.23. The summed E-state index contributed by atoms with van der Waals surface area (Å²) < 4.78 is 66.4. The molecule has 0 aromatic carbocycles. The first-order chi connectivity index (χ1) is 10.6. The molecule has 0 aromatic rings. The molecule has 0 bridgehead atoms. The molecule has 0 aliphatic heterocycles. The Kier molecular flexibility index (Phi) is 7.97. The van der Waals surface area contributed by atoms with Crippen LogP contribution in [0.2, 0.25) is 0 Å². The fraction of sp³-hybridized carbons (Fsp3) is 1.00.